The van der Waals surface area contributed by atoms with Gasteiger partial charge >= 0.3 is 0 Å². The lowest BCUT2D eigenvalue weighted by atomic mass is 10.3. The van der Waals surface area contributed by atoms with Gasteiger partial charge in [0.1, 0.15) is 8.07 Å². The van der Waals surface area contributed by atoms with Crippen molar-refractivity contribution >= 4 is 66.1 Å². The van der Waals surface area contributed by atoms with Crippen molar-refractivity contribution in [3.05, 3.63) is 170 Å². The second kappa shape index (κ2) is 13.1. The van der Waals surface area contributed by atoms with E-state index in [0.29, 0.717) is 0 Å². The lowest BCUT2D eigenvalue weighted by Crippen LogP contribution is -2.63. The van der Waals surface area contributed by atoms with Gasteiger partial charge in [-0.3, -0.25) is 0 Å². The Morgan fingerprint density at radius 1 is 0.381 bits per heavy atom. The standard InChI is InChI=1S/C39H36P2Si/c1-3-42(2,38-30-18-16-28-36(38)40(32-20-8-4-9-21-32)33-22-10-5-11-23-33)39-31-19-17-29-37(39)41(34-24-12-6-13-25-34)35-26-14-7-15-27-35/h4-31H,3H2,1-2H3. The van der Waals surface area contributed by atoms with Gasteiger partial charge < -0.3 is 0 Å². The third-order valence-corrected chi connectivity index (χ3v) is 18.3. The molecule has 206 valence electrons. The molecule has 0 aliphatic heterocycles. The maximum Gasteiger partial charge on any atom is 0.116 e. The molecule has 0 aromatic heterocycles. The second-order valence-corrected chi connectivity index (χ2v) is 19.6. The second-order valence-electron chi connectivity index (χ2n) is 10.7. The number of rotatable bonds is 9. The summed E-state index contributed by atoms with van der Waals surface area (Å²) in [5.74, 6) is 0. The maximum atomic E-state index is 2.61. The SMILES string of the molecule is CC[Si](C)(c1ccccc1P(c1ccccc1)c1ccccc1)c1ccccc1P(c1ccccc1)c1ccccc1. The first-order valence-electron chi connectivity index (χ1n) is 14.7. The van der Waals surface area contributed by atoms with Crippen LogP contribution < -0.4 is 42.2 Å². The van der Waals surface area contributed by atoms with Gasteiger partial charge in [0.2, 0.25) is 0 Å². The van der Waals surface area contributed by atoms with E-state index in [0.717, 1.165) is 6.04 Å². The van der Waals surface area contributed by atoms with Gasteiger partial charge in [-0.2, -0.15) is 0 Å². The molecule has 6 aromatic rings. The summed E-state index contributed by atoms with van der Waals surface area (Å²) in [5.41, 5.74) is 0. The highest BCUT2D eigenvalue weighted by Crippen LogP contribution is 2.35. The number of hydrogen-bond acceptors (Lipinski definition) is 0. The molecule has 3 heteroatoms. The van der Waals surface area contributed by atoms with Crippen LogP contribution in [0.25, 0.3) is 0 Å². The minimum absolute atomic E-state index is 0.700. The summed E-state index contributed by atoms with van der Waals surface area (Å²) in [6.07, 6.45) is 0. The van der Waals surface area contributed by atoms with E-state index in [1.807, 2.05) is 0 Å². The first-order valence-corrected chi connectivity index (χ1v) is 20.1. The fourth-order valence-corrected chi connectivity index (χ4v) is 16.1. The van der Waals surface area contributed by atoms with Gasteiger partial charge in [0, 0.05) is 0 Å². The van der Waals surface area contributed by atoms with E-state index >= 15 is 0 Å². The van der Waals surface area contributed by atoms with Gasteiger partial charge in [0.15, 0.2) is 0 Å². The van der Waals surface area contributed by atoms with Crippen LogP contribution in [0.15, 0.2) is 170 Å². The van der Waals surface area contributed by atoms with Crippen LogP contribution in [0.4, 0.5) is 0 Å². The van der Waals surface area contributed by atoms with E-state index in [1.165, 1.54) is 31.8 Å². The molecular formula is C39H36P2Si. The molecule has 0 saturated heterocycles. The lowest BCUT2D eigenvalue weighted by Gasteiger charge is -2.35. The van der Waals surface area contributed by atoms with Crippen LogP contribution in [-0.4, -0.2) is 8.07 Å². The van der Waals surface area contributed by atoms with Crippen LogP contribution in [0.3, 0.4) is 0 Å². The summed E-state index contributed by atoms with van der Waals surface area (Å²) >= 11 is 0. The summed E-state index contributed by atoms with van der Waals surface area (Å²) in [4.78, 5) is 0. The predicted octanol–water partition coefficient (Wildman–Crippen LogP) is 6.42. The zero-order valence-corrected chi connectivity index (χ0v) is 27.1. The molecule has 42 heavy (non-hydrogen) atoms. The van der Waals surface area contributed by atoms with Crippen molar-refractivity contribution in [2.45, 2.75) is 19.5 Å². The highest BCUT2D eigenvalue weighted by atomic mass is 31.1. The molecule has 0 radical (unpaired) electrons. The van der Waals surface area contributed by atoms with E-state index in [1.54, 1.807) is 10.4 Å². The van der Waals surface area contributed by atoms with Gasteiger partial charge in [-0.15, -0.1) is 0 Å². The summed E-state index contributed by atoms with van der Waals surface area (Å²) < 4.78 is 0. The van der Waals surface area contributed by atoms with Gasteiger partial charge in [-0.25, -0.2) is 0 Å². The Morgan fingerprint density at radius 2 is 0.643 bits per heavy atom. The molecule has 0 atom stereocenters. The minimum atomic E-state index is -2.19. The average Bonchev–Trinajstić information content (AvgIpc) is 3.07. The molecule has 0 heterocycles. The molecular weight excluding hydrogens is 558 g/mol. The van der Waals surface area contributed by atoms with Crippen molar-refractivity contribution in [2.75, 3.05) is 0 Å². The zero-order chi connectivity index (χ0) is 28.8. The average molecular weight is 595 g/mol. The Hall–Kier alpha value is -3.60. The smallest absolute Gasteiger partial charge is 0.0672 e. The van der Waals surface area contributed by atoms with Gasteiger partial charge in [-0.05, 0) is 58.0 Å². The van der Waals surface area contributed by atoms with Gasteiger partial charge in [0.05, 0.1) is 0 Å². The first kappa shape index (κ1) is 28.5. The molecule has 0 aliphatic rings. The molecule has 0 bridgehead atoms. The van der Waals surface area contributed by atoms with Crippen LogP contribution in [0.1, 0.15) is 6.92 Å². The molecule has 0 amide bonds. The van der Waals surface area contributed by atoms with Crippen molar-refractivity contribution < 1.29 is 0 Å². The van der Waals surface area contributed by atoms with Crippen LogP contribution in [-0.2, 0) is 0 Å². The lowest BCUT2D eigenvalue weighted by molar-refractivity contribution is 1.39. The van der Waals surface area contributed by atoms with E-state index in [4.69, 9.17) is 0 Å². The molecule has 6 rings (SSSR count). The van der Waals surface area contributed by atoms with Crippen LogP contribution >= 0.6 is 15.8 Å². The third kappa shape index (κ3) is 5.71. The van der Waals surface area contributed by atoms with Crippen molar-refractivity contribution in [2.24, 2.45) is 0 Å². The van der Waals surface area contributed by atoms with Crippen molar-refractivity contribution in [1.82, 2.24) is 0 Å². The van der Waals surface area contributed by atoms with Crippen molar-refractivity contribution in [1.29, 1.82) is 0 Å². The van der Waals surface area contributed by atoms with E-state index in [9.17, 15) is 0 Å². The Morgan fingerprint density at radius 3 is 0.929 bits per heavy atom. The first-order chi connectivity index (χ1) is 20.7. The topological polar surface area (TPSA) is 0 Å². The molecule has 6 aromatic carbocycles. The zero-order valence-electron chi connectivity index (χ0n) is 24.3. The summed E-state index contributed by atoms with van der Waals surface area (Å²) in [6.45, 7) is 5.03. The number of hydrogen-bond donors (Lipinski definition) is 0. The monoisotopic (exact) mass is 594 g/mol. The van der Waals surface area contributed by atoms with E-state index in [2.05, 4.69) is 183 Å². The highest BCUT2D eigenvalue weighted by molar-refractivity contribution is 7.81. The third-order valence-electron chi connectivity index (χ3n) is 8.24. The normalized spacial score (nSPS) is 11.6. The molecule has 0 fully saturated rings. The van der Waals surface area contributed by atoms with Crippen molar-refractivity contribution in [3.8, 4) is 0 Å². The Labute approximate surface area is 254 Å². The summed E-state index contributed by atoms with van der Waals surface area (Å²) in [5, 5.41) is 11.7. The molecule has 0 unspecified atom stereocenters. The highest BCUT2D eigenvalue weighted by Gasteiger charge is 2.37. The van der Waals surface area contributed by atoms with Crippen LogP contribution in [0.5, 0.6) is 0 Å². The quantitative estimate of drug-likeness (QED) is 0.134. The molecule has 0 saturated carbocycles. The predicted molar refractivity (Wildman–Crippen MR) is 192 cm³/mol. The number of benzene rings is 6. The summed E-state index contributed by atoms with van der Waals surface area (Å²) in [7, 11) is -3.59. The van der Waals surface area contributed by atoms with Crippen LogP contribution in [0, 0.1) is 0 Å². The van der Waals surface area contributed by atoms with Gasteiger partial charge in [0.25, 0.3) is 0 Å². The van der Waals surface area contributed by atoms with Gasteiger partial charge in [-0.1, -0.05) is 189 Å². The molecule has 0 spiro atoms. The Balaban J connectivity index is 1.58. The van der Waals surface area contributed by atoms with Crippen LogP contribution in [0.2, 0.25) is 12.6 Å². The fourth-order valence-electron chi connectivity index (χ4n) is 5.96. The van der Waals surface area contributed by atoms with E-state index in [-0.39, 0.29) is 0 Å². The van der Waals surface area contributed by atoms with E-state index < -0.39 is 23.9 Å². The Bertz CT molecular complexity index is 1520. The molecule has 0 aliphatic carbocycles. The minimum Gasteiger partial charge on any atom is -0.0672 e. The molecule has 0 N–H and O–H groups in total. The Kier molecular flexibility index (Phi) is 8.92. The fraction of sp³-hybridized carbons (Fsp3) is 0.0769. The summed E-state index contributed by atoms with van der Waals surface area (Å²) in [6, 6.07) is 64.5. The maximum absolute atomic E-state index is 2.61. The largest absolute Gasteiger partial charge is 0.116 e. The molecule has 0 nitrogen and oxygen atoms in total. The van der Waals surface area contributed by atoms with Crippen molar-refractivity contribution in [3.63, 3.8) is 0 Å².